The average molecular weight is 442 g/mol. The summed E-state index contributed by atoms with van der Waals surface area (Å²) in [6, 6.07) is 0.885. The molecule has 11 heteroatoms. The highest BCUT2D eigenvalue weighted by molar-refractivity contribution is 5.29. The molecule has 3 rings (SSSR count). The van der Waals surface area contributed by atoms with Crippen molar-refractivity contribution in [2.45, 2.75) is 19.4 Å². The molecule has 1 N–H and O–H groups in total. The van der Waals surface area contributed by atoms with Crippen LogP contribution in [0.25, 0.3) is 0 Å². The van der Waals surface area contributed by atoms with Gasteiger partial charge in [-0.15, -0.1) is 15.0 Å². The number of hydrogen-bond donors (Lipinski definition) is 1. The highest BCUT2D eigenvalue weighted by Crippen LogP contribution is 2.27. The molecule has 2 aliphatic heterocycles. The maximum Gasteiger partial charge on any atom is 0.338 e. The molecule has 2 fully saturated rings. The van der Waals surface area contributed by atoms with Crippen LogP contribution >= 0.6 is 0 Å². The Morgan fingerprint density at radius 1 is 1.00 bits per heavy atom. The van der Waals surface area contributed by atoms with Gasteiger partial charge in [0.15, 0.2) is 0 Å². The van der Waals surface area contributed by atoms with Gasteiger partial charge in [-0.3, -0.25) is 4.48 Å². The van der Waals surface area contributed by atoms with Crippen LogP contribution in [0.5, 0.6) is 12.0 Å². The van der Waals surface area contributed by atoms with Gasteiger partial charge in [-0.1, -0.05) is 6.92 Å². The van der Waals surface area contributed by atoms with Gasteiger partial charge < -0.3 is 48.7 Å². The number of likely N-dealkylation sites (N-methyl/N-ethyl adjacent to an activating group) is 2. The lowest BCUT2D eigenvalue weighted by atomic mass is 10.1. The zero-order valence-electron chi connectivity index (χ0n) is 17.4. The summed E-state index contributed by atoms with van der Waals surface area (Å²) in [4.78, 5) is 14.4. The molecule has 0 aromatic carbocycles. The van der Waals surface area contributed by atoms with E-state index < -0.39 is 0 Å². The molecule has 9 nitrogen and oxygen atoms in total. The predicted octanol–water partition coefficient (Wildman–Crippen LogP) is -6.83. The van der Waals surface area contributed by atoms with E-state index in [2.05, 4.69) is 36.0 Å². The number of nitrogens with zero attached hydrogens (tertiary/aromatic N) is 4. The highest BCUT2D eigenvalue weighted by Gasteiger charge is 2.40. The molecule has 164 valence electrons. The number of halogens is 2. The Bertz CT molecular complexity index is 544. The topological polar surface area (TPSA) is 80.0 Å². The maximum atomic E-state index is 5.55. The van der Waals surface area contributed by atoms with E-state index in [1.165, 1.54) is 27.3 Å². The van der Waals surface area contributed by atoms with Gasteiger partial charge in [0.1, 0.15) is 25.7 Å². The van der Waals surface area contributed by atoms with E-state index in [1.54, 1.807) is 4.90 Å². The normalized spacial score (nSPS) is 24.7. The van der Waals surface area contributed by atoms with Crippen molar-refractivity contribution in [3.63, 3.8) is 0 Å². The third kappa shape index (κ3) is 7.13. The van der Waals surface area contributed by atoms with Crippen molar-refractivity contribution in [2.75, 3.05) is 74.4 Å². The van der Waals surface area contributed by atoms with Crippen LogP contribution in [0.15, 0.2) is 0 Å². The summed E-state index contributed by atoms with van der Waals surface area (Å²) in [7, 11) is 7.39. The standard InChI is InChI=1S/C12H21N4O3.C5H11NO.2ClH/c1-5-9-8-19-7-6-16(9,2)10-13-11(17-3)15-12(14-10)18-4;1-6-2-4-7-5-3-6;;/h9H,5-8H2,1-4H3;2-5H2,1H3;2*1H/q+1;;;/p-1. The molecule has 0 aliphatic carbocycles. The van der Waals surface area contributed by atoms with Crippen molar-refractivity contribution in [3.05, 3.63) is 0 Å². The lowest BCUT2D eigenvalue weighted by Crippen LogP contribution is -3.11. The van der Waals surface area contributed by atoms with E-state index >= 15 is 0 Å². The van der Waals surface area contributed by atoms with Crippen LogP contribution in [0.3, 0.4) is 0 Å². The first-order valence-corrected chi connectivity index (χ1v) is 9.20. The first kappa shape index (κ1) is 27.0. The molecule has 2 atom stereocenters. The van der Waals surface area contributed by atoms with Crippen molar-refractivity contribution in [3.8, 4) is 12.0 Å². The van der Waals surface area contributed by atoms with Gasteiger partial charge in [-0.05, 0) is 6.42 Å². The predicted molar refractivity (Wildman–Crippen MR) is 97.9 cm³/mol. The molecule has 2 saturated heterocycles. The fraction of sp³-hybridized carbons (Fsp3) is 0.824. The van der Waals surface area contributed by atoms with E-state index in [1.807, 2.05) is 0 Å². The van der Waals surface area contributed by atoms with E-state index in [4.69, 9.17) is 18.9 Å². The number of nitrogens with one attached hydrogen (secondary N) is 1. The minimum atomic E-state index is 0. The largest absolute Gasteiger partial charge is 1.00 e. The Balaban J connectivity index is 0.000000690. The van der Waals surface area contributed by atoms with E-state index in [0.717, 1.165) is 26.2 Å². The smallest absolute Gasteiger partial charge is 0.338 e. The fourth-order valence-electron chi connectivity index (χ4n) is 3.06. The molecule has 0 amide bonds. The quantitative estimate of drug-likeness (QED) is 0.465. The molecule has 0 radical (unpaired) electrons. The minimum absolute atomic E-state index is 0. The van der Waals surface area contributed by atoms with Crippen LogP contribution in [0.2, 0.25) is 0 Å². The molecule has 0 spiro atoms. The van der Waals surface area contributed by atoms with Crippen LogP contribution < -0.4 is 43.7 Å². The van der Waals surface area contributed by atoms with Gasteiger partial charge in [0, 0.05) is 0 Å². The third-order valence-corrected chi connectivity index (χ3v) is 5.04. The van der Waals surface area contributed by atoms with E-state index in [0.29, 0.717) is 29.7 Å². The SMILES string of the molecule is CCC1COCC[N+]1(C)c1nc(OC)nc(OC)n1.C[NH+]1CCOCC1.[Cl-].[Cl-]. The fourth-order valence-corrected chi connectivity index (χ4v) is 3.06. The van der Waals surface area contributed by atoms with Gasteiger partial charge >= 0.3 is 18.0 Å². The van der Waals surface area contributed by atoms with Crippen molar-refractivity contribution < 1.29 is 48.7 Å². The van der Waals surface area contributed by atoms with Crippen LogP contribution in [0.1, 0.15) is 13.3 Å². The Morgan fingerprint density at radius 3 is 2.00 bits per heavy atom. The van der Waals surface area contributed by atoms with Gasteiger partial charge in [-0.2, -0.15) is 0 Å². The molecule has 28 heavy (non-hydrogen) atoms. The summed E-state index contributed by atoms with van der Waals surface area (Å²) in [5, 5.41) is 0. The van der Waals surface area contributed by atoms with E-state index in [-0.39, 0.29) is 36.8 Å². The molecule has 3 heterocycles. The number of hydrogen-bond acceptors (Lipinski definition) is 7. The van der Waals surface area contributed by atoms with Gasteiger partial charge in [0.25, 0.3) is 0 Å². The molecule has 2 unspecified atom stereocenters. The number of quaternary nitrogens is 2. The van der Waals surface area contributed by atoms with Gasteiger partial charge in [0.2, 0.25) is 0 Å². The maximum absolute atomic E-state index is 5.55. The number of methoxy groups -OCH3 is 2. The molecule has 1 aromatic rings. The van der Waals surface area contributed by atoms with Gasteiger partial charge in [0.05, 0.1) is 54.7 Å². The lowest BCUT2D eigenvalue weighted by Gasteiger charge is -2.41. The molecular formula is C17H33Cl2N5O4. The van der Waals surface area contributed by atoms with Gasteiger partial charge in [-0.25, -0.2) is 0 Å². The van der Waals surface area contributed by atoms with Crippen LogP contribution in [0, 0.1) is 0 Å². The number of rotatable bonds is 4. The Kier molecular flexibility index (Phi) is 12.8. The molecule has 2 aliphatic rings. The van der Waals surface area contributed by atoms with Crippen molar-refractivity contribution in [1.29, 1.82) is 0 Å². The lowest BCUT2D eigenvalue weighted by molar-refractivity contribution is -0.888. The van der Waals surface area contributed by atoms with Crippen molar-refractivity contribution >= 4 is 5.95 Å². The van der Waals surface area contributed by atoms with Crippen LogP contribution in [-0.4, -0.2) is 95.4 Å². The Hall–Kier alpha value is -0.970. The molecule has 0 saturated carbocycles. The molecular weight excluding hydrogens is 409 g/mol. The summed E-state index contributed by atoms with van der Waals surface area (Å²) in [5.41, 5.74) is 0. The first-order chi connectivity index (χ1) is 12.5. The monoisotopic (exact) mass is 441 g/mol. The second-order valence-electron chi connectivity index (χ2n) is 6.81. The first-order valence-electron chi connectivity index (χ1n) is 9.20. The number of aromatic nitrogens is 3. The summed E-state index contributed by atoms with van der Waals surface area (Å²) in [5.74, 6) is 0.666. The van der Waals surface area contributed by atoms with Crippen molar-refractivity contribution in [1.82, 2.24) is 19.4 Å². The molecule has 1 aromatic heterocycles. The average Bonchev–Trinajstić information content (AvgIpc) is 2.69. The van der Waals surface area contributed by atoms with Crippen molar-refractivity contribution in [2.24, 2.45) is 0 Å². The third-order valence-electron chi connectivity index (χ3n) is 5.04. The summed E-state index contributed by atoms with van der Waals surface area (Å²) < 4.78 is 21.5. The van der Waals surface area contributed by atoms with E-state index in [9.17, 15) is 0 Å². The summed E-state index contributed by atoms with van der Waals surface area (Å²) in [6.45, 7) is 8.64. The Morgan fingerprint density at radius 2 is 1.57 bits per heavy atom. The highest BCUT2D eigenvalue weighted by atomic mass is 35.5. The number of morpholine rings is 2. The molecule has 0 bridgehead atoms. The van der Waals surface area contributed by atoms with Crippen LogP contribution in [0.4, 0.5) is 5.95 Å². The second-order valence-corrected chi connectivity index (χ2v) is 6.81. The van der Waals surface area contributed by atoms with Crippen LogP contribution in [-0.2, 0) is 9.47 Å². The minimum Gasteiger partial charge on any atom is -1.00 e. The summed E-state index contributed by atoms with van der Waals surface area (Å²) in [6.07, 6.45) is 0.993. The zero-order chi connectivity index (χ0) is 19.0. The second kappa shape index (κ2) is 13.3. The summed E-state index contributed by atoms with van der Waals surface area (Å²) >= 11 is 0. The number of ether oxygens (including phenoxy) is 4. The Labute approximate surface area is 180 Å². The zero-order valence-corrected chi connectivity index (χ0v) is 18.9.